The fourth-order valence-corrected chi connectivity index (χ4v) is 1.29. The Hall–Kier alpha value is -1.14. The summed E-state index contributed by atoms with van der Waals surface area (Å²) in [6, 6.07) is 0. The van der Waals surface area contributed by atoms with E-state index in [4.69, 9.17) is 5.26 Å². The predicted molar refractivity (Wildman–Crippen MR) is 43.1 cm³/mol. The van der Waals surface area contributed by atoms with Gasteiger partial charge in [0.25, 0.3) is 0 Å². The number of hydrogen-bond donors (Lipinski definition) is 1. The summed E-state index contributed by atoms with van der Waals surface area (Å²) in [5.41, 5.74) is -0.984. The second kappa shape index (κ2) is 4.16. The Balaban J connectivity index is 3.52. The van der Waals surface area contributed by atoms with Crippen LogP contribution in [0.4, 0.5) is 17.6 Å². The topological polar surface area (TPSA) is 29.5 Å². The molecule has 0 spiro atoms. The Morgan fingerprint density at radius 2 is 1.47 bits per heavy atom. The van der Waals surface area contributed by atoms with Gasteiger partial charge in [0.05, 0.1) is 0 Å². The van der Waals surface area contributed by atoms with E-state index in [0.717, 1.165) is 6.92 Å². The Morgan fingerprint density at radius 1 is 1.00 bits per heavy atom. The summed E-state index contributed by atoms with van der Waals surface area (Å²) in [4.78, 5) is 3.75. The lowest BCUT2D eigenvalue weighted by atomic mass is 10.0. The van der Waals surface area contributed by atoms with Crippen molar-refractivity contribution in [2.45, 2.75) is 20.0 Å². The molecule has 1 atom stereocenters. The molecule has 0 saturated heterocycles. The molecule has 0 aliphatic carbocycles. The van der Waals surface area contributed by atoms with Crippen molar-refractivity contribution in [1.82, 2.24) is 0 Å². The van der Waals surface area contributed by atoms with Crippen molar-refractivity contribution >= 4 is 0 Å². The van der Waals surface area contributed by atoms with Crippen LogP contribution in [0, 0.1) is 30.2 Å². The minimum atomic E-state index is -1.92. The number of hydrogen-bond acceptors (Lipinski definition) is 2. The molecule has 1 aromatic carbocycles. The molecule has 84 valence electrons. The molecule has 0 aliphatic heterocycles. The first-order valence-corrected chi connectivity index (χ1v) is 4.04. The summed E-state index contributed by atoms with van der Waals surface area (Å²) in [5.74, 6) is -6.85. The highest BCUT2D eigenvalue weighted by Crippen LogP contribution is 2.29. The Kier molecular flexibility index (Phi) is 3.31. The summed E-state index contributed by atoms with van der Waals surface area (Å²) < 4.78 is 51.7. The van der Waals surface area contributed by atoms with Crippen LogP contribution >= 0.6 is 0 Å². The van der Waals surface area contributed by atoms with Crippen LogP contribution in [0.1, 0.15) is 24.2 Å². The average Bonchev–Trinajstić information content (AvgIpc) is 2.23. The molecule has 0 fully saturated rings. The molecule has 15 heavy (non-hydrogen) atoms. The lowest BCUT2D eigenvalue weighted by Gasteiger charge is -2.14. The van der Waals surface area contributed by atoms with E-state index in [1.165, 1.54) is 6.92 Å². The zero-order valence-corrected chi connectivity index (χ0v) is 7.94. The molecule has 6 heteroatoms. The van der Waals surface area contributed by atoms with Crippen LogP contribution in [-0.4, -0.2) is 5.26 Å². The third-order valence-electron chi connectivity index (χ3n) is 2.11. The zero-order chi connectivity index (χ0) is 11.7. The van der Waals surface area contributed by atoms with Crippen molar-refractivity contribution in [1.29, 1.82) is 0 Å². The molecular weight excluding hydrogens is 216 g/mol. The van der Waals surface area contributed by atoms with E-state index in [2.05, 4.69) is 4.89 Å². The molecule has 0 heterocycles. The Labute approximate surface area is 83.0 Å². The molecular formula is C9H8F4O2. The summed E-state index contributed by atoms with van der Waals surface area (Å²) in [6.45, 7) is 2.23. The molecule has 1 rings (SSSR count). The van der Waals surface area contributed by atoms with E-state index < -0.39 is 40.5 Å². The quantitative estimate of drug-likeness (QED) is 0.275. The van der Waals surface area contributed by atoms with Gasteiger partial charge in [-0.1, -0.05) is 0 Å². The molecule has 0 aromatic heterocycles. The maximum Gasteiger partial charge on any atom is 0.197 e. The largest absolute Gasteiger partial charge is 0.251 e. The molecule has 2 nitrogen and oxygen atoms in total. The molecule has 0 amide bonds. The highest BCUT2D eigenvalue weighted by atomic mass is 19.2. The molecule has 0 bridgehead atoms. The van der Waals surface area contributed by atoms with Gasteiger partial charge in [-0.05, 0) is 19.4 Å². The number of benzene rings is 1. The predicted octanol–water partition coefficient (Wildman–Crippen LogP) is 3.10. The van der Waals surface area contributed by atoms with Crippen LogP contribution in [0.15, 0.2) is 0 Å². The van der Waals surface area contributed by atoms with Gasteiger partial charge in [0, 0.05) is 5.56 Å². The highest BCUT2D eigenvalue weighted by molar-refractivity contribution is 5.32. The maximum absolute atomic E-state index is 13.2. The SMILES string of the molecule is Cc1c(F)c(F)c(F)c(F)c1C(C)OO. The van der Waals surface area contributed by atoms with Gasteiger partial charge >= 0.3 is 0 Å². The molecule has 0 radical (unpaired) electrons. The van der Waals surface area contributed by atoms with Crippen molar-refractivity contribution in [3.8, 4) is 0 Å². The van der Waals surface area contributed by atoms with E-state index in [1.807, 2.05) is 0 Å². The van der Waals surface area contributed by atoms with Gasteiger partial charge in [0.2, 0.25) is 0 Å². The van der Waals surface area contributed by atoms with Crippen LogP contribution in [0.5, 0.6) is 0 Å². The van der Waals surface area contributed by atoms with Crippen LogP contribution in [0.3, 0.4) is 0 Å². The third-order valence-corrected chi connectivity index (χ3v) is 2.11. The monoisotopic (exact) mass is 224 g/mol. The van der Waals surface area contributed by atoms with Crippen molar-refractivity contribution in [2.75, 3.05) is 0 Å². The van der Waals surface area contributed by atoms with Gasteiger partial charge in [0.1, 0.15) is 6.10 Å². The summed E-state index contributed by atoms with van der Waals surface area (Å²) in [5, 5.41) is 8.28. The van der Waals surface area contributed by atoms with Crippen LogP contribution in [0.2, 0.25) is 0 Å². The Bertz CT molecular complexity index is 363. The van der Waals surface area contributed by atoms with Gasteiger partial charge in [-0.2, -0.15) is 0 Å². The standard InChI is InChI=1S/C9H8F4O2/c1-3-5(4(2)15-14)7(11)9(13)8(12)6(3)10/h4,14H,1-2H3. The normalized spacial score (nSPS) is 13.0. The summed E-state index contributed by atoms with van der Waals surface area (Å²) in [6.07, 6.45) is -1.28. The molecule has 1 aromatic rings. The number of halogens is 4. The van der Waals surface area contributed by atoms with E-state index in [0.29, 0.717) is 0 Å². The highest BCUT2D eigenvalue weighted by Gasteiger charge is 2.26. The van der Waals surface area contributed by atoms with Crippen molar-refractivity contribution in [2.24, 2.45) is 0 Å². The first-order chi connectivity index (χ1) is 6.91. The Morgan fingerprint density at radius 3 is 1.93 bits per heavy atom. The smallest absolute Gasteiger partial charge is 0.197 e. The third kappa shape index (κ3) is 1.82. The van der Waals surface area contributed by atoms with Crippen LogP contribution < -0.4 is 0 Å². The maximum atomic E-state index is 13.2. The van der Waals surface area contributed by atoms with Crippen LogP contribution in [0.25, 0.3) is 0 Å². The second-order valence-electron chi connectivity index (χ2n) is 3.04. The lowest BCUT2D eigenvalue weighted by molar-refractivity contribution is -0.277. The van der Waals surface area contributed by atoms with Gasteiger partial charge in [-0.3, -0.25) is 5.26 Å². The van der Waals surface area contributed by atoms with E-state index in [-0.39, 0.29) is 0 Å². The number of rotatable bonds is 2. The van der Waals surface area contributed by atoms with Crippen molar-refractivity contribution < 1.29 is 27.7 Å². The van der Waals surface area contributed by atoms with E-state index in [1.54, 1.807) is 0 Å². The van der Waals surface area contributed by atoms with Gasteiger partial charge in [-0.25, -0.2) is 22.4 Å². The zero-order valence-electron chi connectivity index (χ0n) is 7.94. The molecule has 0 aliphatic rings. The van der Waals surface area contributed by atoms with Gasteiger partial charge in [0.15, 0.2) is 23.3 Å². The van der Waals surface area contributed by atoms with E-state index >= 15 is 0 Å². The van der Waals surface area contributed by atoms with Crippen LogP contribution in [-0.2, 0) is 4.89 Å². The van der Waals surface area contributed by atoms with Gasteiger partial charge < -0.3 is 0 Å². The minimum absolute atomic E-state index is 0.437. The first-order valence-electron chi connectivity index (χ1n) is 4.04. The average molecular weight is 224 g/mol. The first kappa shape index (κ1) is 11.9. The second-order valence-corrected chi connectivity index (χ2v) is 3.04. The molecule has 1 unspecified atom stereocenters. The fraction of sp³-hybridized carbons (Fsp3) is 0.333. The molecule has 1 N–H and O–H groups in total. The fourth-order valence-electron chi connectivity index (χ4n) is 1.29. The lowest BCUT2D eigenvalue weighted by Crippen LogP contribution is -2.10. The molecule has 0 saturated carbocycles. The minimum Gasteiger partial charge on any atom is -0.251 e. The van der Waals surface area contributed by atoms with E-state index in [9.17, 15) is 17.6 Å². The summed E-state index contributed by atoms with van der Waals surface area (Å²) in [7, 11) is 0. The summed E-state index contributed by atoms with van der Waals surface area (Å²) >= 11 is 0. The van der Waals surface area contributed by atoms with Gasteiger partial charge in [-0.15, -0.1) is 0 Å². The van der Waals surface area contributed by atoms with Crippen molar-refractivity contribution in [3.63, 3.8) is 0 Å². The van der Waals surface area contributed by atoms with Crippen molar-refractivity contribution in [3.05, 3.63) is 34.4 Å².